The van der Waals surface area contributed by atoms with Crippen LogP contribution in [0.15, 0.2) is 79.0 Å². The molecule has 0 fully saturated rings. The fraction of sp³-hybridized carbons (Fsp3) is 0.125. The first-order chi connectivity index (χ1) is 14.8. The van der Waals surface area contributed by atoms with Crippen LogP contribution in [-0.4, -0.2) is 14.8 Å². The highest BCUT2D eigenvalue weighted by Gasteiger charge is 2.31. The molecule has 6 nitrogen and oxygen atoms in total. The lowest BCUT2D eigenvalue weighted by molar-refractivity contribution is 0.637. The molecule has 146 valence electrons. The topological polar surface area (TPSA) is 78.6 Å². The van der Waals surface area contributed by atoms with Crippen molar-refractivity contribution < 1.29 is 0 Å². The molecule has 3 heterocycles. The molecule has 30 heavy (non-hydrogen) atoms. The van der Waals surface area contributed by atoms with E-state index < -0.39 is 0 Å². The molecule has 2 aromatic heterocycles. The molecule has 1 atom stereocenters. The predicted molar refractivity (Wildman–Crippen MR) is 117 cm³/mol. The van der Waals surface area contributed by atoms with Crippen LogP contribution in [-0.2, 0) is 6.54 Å². The number of para-hydroxylation sites is 2. The van der Waals surface area contributed by atoms with E-state index in [4.69, 9.17) is 10.4 Å². The van der Waals surface area contributed by atoms with E-state index in [0.29, 0.717) is 13.0 Å². The number of nitrogens with zero attached hydrogens (tertiary/aromatic N) is 4. The monoisotopic (exact) mass is 392 g/mol. The second-order valence-corrected chi connectivity index (χ2v) is 7.11. The third-order valence-electron chi connectivity index (χ3n) is 5.22. The lowest BCUT2D eigenvalue weighted by Gasteiger charge is -2.19. The van der Waals surface area contributed by atoms with Gasteiger partial charge in [0.15, 0.2) is 0 Å². The Hall–Kier alpha value is -4.11. The molecule has 4 aromatic rings. The van der Waals surface area contributed by atoms with Crippen LogP contribution in [0, 0.1) is 11.3 Å². The summed E-state index contributed by atoms with van der Waals surface area (Å²) in [5, 5.41) is 21.3. The van der Waals surface area contributed by atoms with Crippen LogP contribution in [0.4, 0.5) is 17.2 Å². The Morgan fingerprint density at radius 3 is 2.47 bits per heavy atom. The predicted octanol–water partition coefficient (Wildman–Crippen LogP) is 5.12. The number of aryl methyl sites for hydroxylation is 1. The molecule has 0 bridgehead atoms. The molecule has 1 aliphatic rings. The summed E-state index contributed by atoms with van der Waals surface area (Å²) in [5.74, 6) is 0.886. The highest BCUT2D eigenvalue weighted by atomic mass is 15.3. The highest BCUT2D eigenvalue weighted by molar-refractivity contribution is 5.82. The first kappa shape index (κ1) is 18.0. The van der Waals surface area contributed by atoms with Gasteiger partial charge in [0, 0.05) is 11.8 Å². The Morgan fingerprint density at radius 2 is 1.70 bits per heavy atom. The Morgan fingerprint density at radius 1 is 0.933 bits per heavy atom. The Kier molecular flexibility index (Phi) is 4.62. The number of aromatic nitrogens is 3. The molecule has 0 spiro atoms. The van der Waals surface area contributed by atoms with Crippen molar-refractivity contribution in [1.29, 1.82) is 5.26 Å². The minimum absolute atomic E-state index is 0.191. The minimum Gasteiger partial charge on any atom is -0.371 e. The molecular weight excluding hydrogens is 372 g/mol. The molecule has 1 aliphatic heterocycles. The normalized spacial score (nSPS) is 14.4. The Bertz CT molecular complexity index is 1210. The smallest absolute Gasteiger partial charge is 0.135 e. The van der Waals surface area contributed by atoms with Crippen LogP contribution in [0.25, 0.3) is 11.3 Å². The molecule has 0 unspecified atom stereocenters. The quantitative estimate of drug-likeness (QED) is 0.504. The zero-order valence-electron chi connectivity index (χ0n) is 16.3. The van der Waals surface area contributed by atoms with E-state index in [2.05, 4.69) is 39.9 Å². The summed E-state index contributed by atoms with van der Waals surface area (Å²) in [6.45, 7) is 0.510. The van der Waals surface area contributed by atoms with Crippen molar-refractivity contribution in [2.75, 3.05) is 10.6 Å². The second kappa shape index (κ2) is 7.72. The summed E-state index contributed by atoms with van der Waals surface area (Å²) < 4.78 is 1.90. The number of anilines is 3. The van der Waals surface area contributed by atoms with Gasteiger partial charge >= 0.3 is 0 Å². The Labute approximate surface area is 174 Å². The number of nitriles is 1. The van der Waals surface area contributed by atoms with Crippen LogP contribution in [0.2, 0.25) is 0 Å². The van der Waals surface area contributed by atoms with Crippen LogP contribution < -0.4 is 10.6 Å². The van der Waals surface area contributed by atoms with Crippen molar-refractivity contribution in [3.05, 3.63) is 90.3 Å². The van der Waals surface area contributed by atoms with Gasteiger partial charge in [-0.2, -0.15) is 10.4 Å². The van der Waals surface area contributed by atoms with Crippen molar-refractivity contribution in [2.24, 2.45) is 0 Å². The van der Waals surface area contributed by atoms with E-state index in [-0.39, 0.29) is 6.04 Å². The molecule has 2 aromatic carbocycles. The third-order valence-corrected chi connectivity index (χ3v) is 5.22. The highest BCUT2D eigenvalue weighted by Crippen LogP contribution is 2.43. The lowest BCUT2D eigenvalue weighted by Crippen LogP contribution is -2.13. The molecular formula is C24H20N6. The first-order valence-electron chi connectivity index (χ1n) is 9.92. The summed E-state index contributed by atoms with van der Waals surface area (Å²) >= 11 is 0. The van der Waals surface area contributed by atoms with Crippen LogP contribution in [0.3, 0.4) is 0 Å². The van der Waals surface area contributed by atoms with Gasteiger partial charge in [0.05, 0.1) is 47.7 Å². The van der Waals surface area contributed by atoms with E-state index in [0.717, 1.165) is 39.7 Å². The summed E-state index contributed by atoms with van der Waals surface area (Å²) in [7, 11) is 0. The average Bonchev–Trinajstić information content (AvgIpc) is 3.06. The van der Waals surface area contributed by atoms with Crippen molar-refractivity contribution in [1.82, 2.24) is 14.8 Å². The van der Waals surface area contributed by atoms with E-state index in [9.17, 15) is 0 Å². The SMILES string of the molecule is N#CCCn1nc(-c2ccccc2)c2c1Nc1ccccc1N[C@H]2c1ccccn1. The van der Waals surface area contributed by atoms with Crippen molar-refractivity contribution >= 4 is 17.2 Å². The molecule has 0 amide bonds. The standard InChI is InChI=1S/C24H20N6/c25-14-8-16-30-24-21(22(29-30)17-9-2-1-3-10-17)23(20-13-6-7-15-26-20)27-18-11-4-5-12-19(18)28-24/h1-7,9-13,15,23,27-28H,8,16H2/t23-/m0/s1. The number of rotatable bonds is 4. The van der Waals surface area contributed by atoms with E-state index in [1.54, 1.807) is 0 Å². The summed E-state index contributed by atoms with van der Waals surface area (Å²) in [6, 6.07) is 26.2. The Balaban J connectivity index is 1.77. The van der Waals surface area contributed by atoms with Crippen molar-refractivity contribution in [3.8, 4) is 17.3 Å². The summed E-state index contributed by atoms with van der Waals surface area (Å²) in [4.78, 5) is 4.64. The van der Waals surface area contributed by atoms with Gasteiger partial charge in [0.25, 0.3) is 0 Å². The van der Waals surface area contributed by atoms with Gasteiger partial charge in [0.2, 0.25) is 0 Å². The van der Waals surface area contributed by atoms with Crippen LogP contribution in [0.5, 0.6) is 0 Å². The van der Waals surface area contributed by atoms with Crippen LogP contribution >= 0.6 is 0 Å². The zero-order valence-corrected chi connectivity index (χ0v) is 16.3. The van der Waals surface area contributed by atoms with Gasteiger partial charge in [-0.3, -0.25) is 4.98 Å². The van der Waals surface area contributed by atoms with Gasteiger partial charge in [-0.05, 0) is 24.3 Å². The number of hydrogen-bond acceptors (Lipinski definition) is 5. The molecule has 0 saturated carbocycles. The molecule has 6 heteroatoms. The molecule has 5 rings (SSSR count). The number of benzene rings is 2. The second-order valence-electron chi connectivity index (χ2n) is 7.11. The van der Waals surface area contributed by atoms with Gasteiger partial charge in [-0.25, -0.2) is 4.68 Å². The lowest BCUT2D eigenvalue weighted by atomic mass is 9.98. The number of pyridine rings is 1. The molecule has 0 radical (unpaired) electrons. The first-order valence-corrected chi connectivity index (χ1v) is 9.92. The number of hydrogen-bond donors (Lipinski definition) is 2. The number of nitrogens with one attached hydrogen (secondary N) is 2. The van der Waals surface area contributed by atoms with Gasteiger partial charge < -0.3 is 10.6 Å². The van der Waals surface area contributed by atoms with Gasteiger partial charge in [-0.1, -0.05) is 48.5 Å². The van der Waals surface area contributed by atoms with Crippen molar-refractivity contribution in [3.63, 3.8) is 0 Å². The third kappa shape index (κ3) is 3.16. The van der Waals surface area contributed by atoms with E-state index in [1.807, 2.05) is 65.5 Å². The largest absolute Gasteiger partial charge is 0.371 e. The maximum atomic E-state index is 9.16. The maximum Gasteiger partial charge on any atom is 0.135 e. The van der Waals surface area contributed by atoms with Crippen molar-refractivity contribution in [2.45, 2.75) is 19.0 Å². The van der Waals surface area contributed by atoms with Gasteiger partial charge in [0.1, 0.15) is 11.5 Å². The zero-order chi connectivity index (χ0) is 20.3. The fourth-order valence-corrected chi connectivity index (χ4v) is 3.85. The molecule has 2 N–H and O–H groups in total. The van der Waals surface area contributed by atoms with Gasteiger partial charge in [-0.15, -0.1) is 0 Å². The molecule has 0 aliphatic carbocycles. The summed E-state index contributed by atoms with van der Waals surface area (Å²) in [5.41, 5.74) is 5.81. The molecule has 0 saturated heterocycles. The minimum atomic E-state index is -0.191. The van der Waals surface area contributed by atoms with E-state index >= 15 is 0 Å². The van der Waals surface area contributed by atoms with E-state index in [1.165, 1.54) is 0 Å². The summed E-state index contributed by atoms with van der Waals surface area (Å²) in [6.07, 6.45) is 2.19. The van der Waals surface area contributed by atoms with Crippen LogP contribution in [0.1, 0.15) is 23.7 Å². The fourth-order valence-electron chi connectivity index (χ4n) is 3.85. The number of fused-ring (bicyclic) bond motifs is 2. The maximum absolute atomic E-state index is 9.16. The average molecular weight is 392 g/mol.